The van der Waals surface area contributed by atoms with Crippen LogP contribution in [0.25, 0.3) is 0 Å². The van der Waals surface area contributed by atoms with E-state index in [4.69, 9.17) is 30.1 Å². The highest BCUT2D eigenvalue weighted by Crippen LogP contribution is 2.17. The topological polar surface area (TPSA) is 66.5 Å². The van der Waals surface area contributed by atoms with Gasteiger partial charge in [-0.3, -0.25) is 0 Å². The van der Waals surface area contributed by atoms with E-state index in [1.165, 1.54) is 0 Å². The third kappa shape index (κ3) is 11.3. The SMILES string of the molecule is C#CCOCCOCCOCCOC1CCN(C(=O)OC(C)(C)C)CC1. The van der Waals surface area contributed by atoms with Crippen molar-refractivity contribution < 1.29 is 28.5 Å². The fourth-order valence-corrected chi connectivity index (χ4v) is 2.38. The molecule has 1 aliphatic heterocycles. The third-order valence-corrected chi connectivity index (χ3v) is 3.60. The van der Waals surface area contributed by atoms with Gasteiger partial charge in [0.15, 0.2) is 0 Å². The van der Waals surface area contributed by atoms with Gasteiger partial charge in [0.2, 0.25) is 0 Å². The third-order valence-electron chi connectivity index (χ3n) is 3.60. The van der Waals surface area contributed by atoms with Gasteiger partial charge >= 0.3 is 6.09 Å². The summed E-state index contributed by atoms with van der Waals surface area (Å²) < 4.78 is 27.1. The fraction of sp³-hybridized carbons (Fsp3) is 0.842. The van der Waals surface area contributed by atoms with Gasteiger partial charge in [0.05, 0.1) is 45.7 Å². The minimum Gasteiger partial charge on any atom is -0.444 e. The summed E-state index contributed by atoms with van der Waals surface area (Å²) >= 11 is 0. The first-order chi connectivity index (χ1) is 12.4. The molecule has 1 amide bonds. The summed E-state index contributed by atoms with van der Waals surface area (Å²) in [7, 11) is 0. The van der Waals surface area contributed by atoms with Crippen molar-refractivity contribution in [2.45, 2.75) is 45.3 Å². The quantitative estimate of drug-likeness (QED) is 0.409. The molecule has 7 nitrogen and oxygen atoms in total. The Labute approximate surface area is 157 Å². The first-order valence-corrected chi connectivity index (χ1v) is 9.18. The molecule has 0 aromatic carbocycles. The predicted molar refractivity (Wildman–Crippen MR) is 98.1 cm³/mol. The van der Waals surface area contributed by atoms with E-state index in [0.29, 0.717) is 59.3 Å². The monoisotopic (exact) mass is 371 g/mol. The fourth-order valence-electron chi connectivity index (χ4n) is 2.38. The molecule has 7 heteroatoms. The average Bonchev–Trinajstić information content (AvgIpc) is 2.58. The summed E-state index contributed by atoms with van der Waals surface area (Å²) in [6.07, 6.45) is 6.62. The minimum atomic E-state index is -0.458. The van der Waals surface area contributed by atoms with Crippen LogP contribution in [0, 0.1) is 12.3 Å². The first-order valence-electron chi connectivity index (χ1n) is 9.18. The van der Waals surface area contributed by atoms with Crippen molar-refractivity contribution in [2.75, 3.05) is 59.3 Å². The highest BCUT2D eigenvalue weighted by atomic mass is 16.6. The zero-order chi connectivity index (χ0) is 19.3. The lowest BCUT2D eigenvalue weighted by Gasteiger charge is -2.33. The summed E-state index contributed by atoms with van der Waals surface area (Å²) in [5.74, 6) is 2.39. The van der Waals surface area contributed by atoms with E-state index in [0.717, 1.165) is 12.8 Å². The standard InChI is InChI=1S/C19H33NO6/c1-5-10-22-11-12-23-13-14-24-15-16-25-17-6-8-20(9-7-17)18(21)26-19(2,3)4/h1,17H,6-16H2,2-4H3. The van der Waals surface area contributed by atoms with Gasteiger partial charge in [-0.05, 0) is 33.6 Å². The summed E-state index contributed by atoms with van der Waals surface area (Å²) in [5, 5.41) is 0. The first kappa shape index (κ1) is 22.7. The second-order valence-corrected chi connectivity index (χ2v) is 7.02. The maximum Gasteiger partial charge on any atom is 0.410 e. The Kier molecular flexibility index (Phi) is 11.3. The molecule has 0 aromatic heterocycles. The van der Waals surface area contributed by atoms with Crippen LogP contribution in [-0.4, -0.2) is 82.0 Å². The number of carbonyl (C=O) groups is 1. The second kappa shape index (κ2) is 12.9. The van der Waals surface area contributed by atoms with Crippen LogP contribution in [0.5, 0.6) is 0 Å². The van der Waals surface area contributed by atoms with Crippen molar-refractivity contribution >= 4 is 6.09 Å². The van der Waals surface area contributed by atoms with Gasteiger partial charge in [-0.1, -0.05) is 5.92 Å². The van der Waals surface area contributed by atoms with Gasteiger partial charge in [0.25, 0.3) is 0 Å². The van der Waals surface area contributed by atoms with Crippen molar-refractivity contribution in [3.05, 3.63) is 0 Å². The summed E-state index contributed by atoms with van der Waals surface area (Å²) in [6.45, 7) is 10.4. The lowest BCUT2D eigenvalue weighted by atomic mass is 10.1. The molecule has 1 rings (SSSR count). The molecular weight excluding hydrogens is 338 g/mol. The van der Waals surface area contributed by atoms with Crippen molar-refractivity contribution in [3.63, 3.8) is 0 Å². The van der Waals surface area contributed by atoms with Crippen LogP contribution < -0.4 is 0 Å². The number of carbonyl (C=O) groups excluding carboxylic acids is 1. The number of hydrogen-bond acceptors (Lipinski definition) is 6. The number of ether oxygens (including phenoxy) is 5. The minimum absolute atomic E-state index is 0.168. The number of piperidine rings is 1. The number of nitrogens with zero attached hydrogens (tertiary/aromatic N) is 1. The van der Waals surface area contributed by atoms with Gasteiger partial charge in [0, 0.05) is 13.1 Å². The van der Waals surface area contributed by atoms with E-state index >= 15 is 0 Å². The molecular formula is C19H33NO6. The van der Waals surface area contributed by atoms with Crippen molar-refractivity contribution in [3.8, 4) is 12.3 Å². The van der Waals surface area contributed by atoms with Gasteiger partial charge in [0.1, 0.15) is 12.2 Å². The van der Waals surface area contributed by atoms with E-state index in [2.05, 4.69) is 5.92 Å². The molecule has 1 heterocycles. The lowest BCUT2D eigenvalue weighted by molar-refractivity contribution is -0.0377. The number of hydrogen-bond donors (Lipinski definition) is 0. The zero-order valence-corrected chi connectivity index (χ0v) is 16.3. The molecule has 0 saturated carbocycles. The van der Waals surface area contributed by atoms with E-state index < -0.39 is 5.60 Å². The number of amides is 1. The number of likely N-dealkylation sites (tertiary alicyclic amines) is 1. The molecule has 0 atom stereocenters. The normalized spacial score (nSPS) is 15.7. The Hall–Kier alpha value is -1.33. The van der Waals surface area contributed by atoms with Crippen LogP contribution in [0.3, 0.4) is 0 Å². The van der Waals surface area contributed by atoms with E-state index in [1.807, 2.05) is 20.8 Å². The Balaban J connectivity index is 1.94. The summed E-state index contributed by atoms with van der Waals surface area (Å²) in [6, 6.07) is 0. The molecule has 1 fully saturated rings. The molecule has 150 valence electrons. The molecule has 0 unspecified atom stereocenters. The number of rotatable bonds is 11. The Morgan fingerprint density at radius 1 is 1.00 bits per heavy atom. The van der Waals surface area contributed by atoms with Crippen molar-refractivity contribution in [2.24, 2.45) is 0 Å². The van der Waals surface area contributed by atoms with Gasteiger partial charge in [-0.2, -0.15) is 0 Å². The summed E-state index contributed by atoms with van der Waals surface area (Å²) in [4.78, 5) is 13.7. The average molecular weight is 371 g/mol. The maximum atomic E-state index is 12.0. The maximum absolute atomic E-state index is 12.0. The Bertz CT molecular complexity index is 421. The van der Waals surface area contributed by atoms with Crippen LogP contribution in [0.15, 0.2) is 0 Å². The number of terminal acetylenes is 1. The van der Waals surface area contributed by atoms with Gasteiger partial charge < -0.3 is 28.6 Å². The Morgan fingerprint density at radius 3 is 2.08 bits per heavy atom. The molecule has 0 spiro atoms. The van der Waals surface area contributed by atoms with Crippen LogP contribution in [-0.2, 0) is 23.7 Å². The lowest BCUT2D eigenvalue weighted by Crippen LogP contribution is -2.43. The molecule has 0 aromatic rings. The molecule has 0 aliphatic carbocycles. The highest BCUT2D eigenvalue weighted by molar-refractivity contribution is 5.68. The molecule has 26 heavy (non-hydrogen) atoms. The predicted octanol–water partition coefficient (Wildman–Crippen LogP) is 2.09. The summed E-state index contributed by atoms with van der Waals surface area (Å²) in [5.41, 5.74) is -0.458. The van der Waals surface area contributed by atoms with Crippen LogP contribution >= 0.6 is 0 Å². The smallest absolute Gasteiger partial charge is 0.410 e. The largest absolute Gasteiger partial charge is 0.444 e. The van der Waals surface area contributed by atoms with E-state index in [9.17, 15) is 4.79 Å². The zero-order valence-electron chi connectivity index (χ0n) is 16.3. The molecule has 1 saturated heterocycles. The van der Waals surface area contributed by atoms with Crippen LogP contribution in [0.1, 0.15) is 33.6 Å². The highest BCUT2D eigenvalue weighted by Gasteiger charge is 2.26. The van der Waals surface area contributed by atoms with E-state index in [1.54, 1.807) is 4.90 Å². The van der Waals surface area contributed by atoms with Gasteiger partial charge in [-0.25, -0.2) is 4.79 Å². The molecule has 0 N–H and O–H groups in total. The molecule has 0 bridgehead atoms. The second-order valence-electron chi connectivity index (χ2n) is 7.02. The van der Waals surface area contributed by atoms with Gasteiger partial charge in [-0.15, -0.1) is 6.42 Å². The van der Waals surface area contributed by atoms with Crippen LogP contribution in [0.4, 0.5) is 4.79 Å². The Morgan fingerprint density at radius 2 is 1.54 bits per heavy atom. The van der Waals surface area contributed by atoms with E-state index in [-0.39, 0.29) is 12.2 Å². The van der Waals surface area contributed by atoms with Crippen LogP contribution in [0.2, 0.25) is 0 Å². The van der Waals surface area contributed by atoms with Crippen molar-refractivity contribution in [1.82, 2.24) is 4.90 Å². The molecule has 0 radical (unpaired) electrons. The van der Waals surface area contributed by atoms with Crippen molar-refractivity contribution in [1.29, 1.82) is 0 Å². The molecule has 1 aliphatic rings.